The van der Waals surface area contributed by atoms with Crippen molar-refractivity contribution in [1.82, 2.24) is 20.2 Å². The summed E-state index contributed by atoms with van der Waals surface area (Å²) in [4.78, 5) is 24.3. The highest BCUT2D eigenvalue weighted by atomic mass is 16.1. The predicted octanol–water partition coefficient (Wildman–Crippen LogP) is 2.19. The highest BCUT2D eigenvalue weighted by Gasteiger charge is 2.19. The fourth-order valence-corrected chi connectivity index (χ4v) is 3.23. The van der Waals surface area contributed by atoms with Crippen LogP contribution in [0.4, 0.5) is 5.69 Å². The van der Waals surface area contributed by atoms with E-state index in [1.54, 1.807) is 12.4 Å². The van der Waals surface area contributed by atoms with Crippen LogP contribution in [0.2, 0.25) is 0 Å². The SMILES string of the molecule is CCC(NC(=O)CCN1CCN(c2ccccc2)CC1)c1ncc[nH]1. The minimum Gasteiger partial charge on any atom is -0.369 e. The molecule has 1 aliphatic rings. The standard InChI is InChI=1S/C19H27N5O/c1-2-17(19-20-9-10-21-19)22-18(25)8-11-23-12-14-24(15-13-23)16-6-4-3-5-7-16/h3-7,9-10,17H,2,8,11-15H2,1H3,(H,20,21)(H,22,25). The van der Waals surface area contributed by atoms with E-state index in [2.05, 4.69) is 56.3 Å². The molecule has 6 heteroatoms. The molecule has 3 rings (SSSR count). The number of H-pyrrole nitrogens is 1. The van der Waals surface area contributed by atoms with Gasteiger partial charge in [-0.05, 0) is 18.6 Å². The molecule has 1 atom stereocenters. The van der Waals surface area contributed by atoms with Crippen molar-refractivity contribution in [2.45, 2.75) is 25.8 Å². The number of benzene rings is 1. The van der Waals surface area contributed by atoms with Crippen molar-refractivity contribution in [3.05, 3.63) is 48.5 Å². The Morgan fingerprint density at radius 1 is 1.24 bits per heavy atom. The lowest BCUT2D eigenvalue weighted by atomic mass is 10.2. The predicted molar refractivity (Wildman–Crippen MR) is 99.5 cm³/mol. The average molecular weight is 341 g/mol. The molecule has 1 fully saturated rings. The van der Waals surface area contributed by atoms with E-state index < -0.39 is 0 Å². The molecule has 1 amide bonds. The fourth-order valence-electron chi connectivity index (χ4n) is 3.23. The Balaban J connectivity index is 1.40. The quantitative estimate of drug-likeness (QED) is 0.810. The van der Waals surface area contributed by atoms with Gasteiger partial charge >= 0.3 is 0 Å². The number of rotatable bonds is 7. The van der Waals surface area contributed by atoms with Gasteiger partial charge < -0.3 is 15.2 Å². The normalized spacial score (nSPS) is 16.6. The topological polar surface area (TPSA) is 64.3 Å². The number of anilines is 1. The summed E-state index contributed by atoms with van der Waals surface area (Å²) in [5, 5.41) is 3.07. The maximum atomic E-state index is 12.2. The van der Waals surface area contributed by atoms with Crippen LogP contribution in [-0.2, 0) is 4.79 Å². The number of hydrogen-bond donors (Lipinski definition) is 2. The molecule has 2 aromatic rings. The first-order valence-corrected chi connectivity index (χ1v) is 9.07. The van der Waals surface area contributed by atoms with Gasteiger partial charge in [-0.3, -0.25) is 9.69 Å². The van der Waals surface area contributed by atoms with Crippen LogP contribution < -0.4 is 10.2 Å². The van der Waals surface area contributed by atoms with Gasteiger partial charge in [-0.1, -0.05) is 25.1 Å². The zero-order valence-corrected chi connectivity index (χ0v) is 14.8. The molecule has 0 bridgehead atoms. The molecule has 2 heterocycles. The van der Waals surface area contributed by atoms with Crippen molar-refractivity contribution in [3.8, 4) is 0 Å². The van der Waals surface area contributed by atoms with E-state index in [0.29, 0.717) is 6.42 Å². The summed E-state index contributed by atoms with van der Waals surface area (Å²) in [6, 6.07) is 10.5. The number of imidazole rings is 1. The molecule has 0 saturated carbocycles. The lowest BCUT2D eigenvalue weighted by Crippen LogP contribution is -2.47. The fraction of sp³-hybridized carbons (Fsp3) is 0.474. The Morgan fingerprint density at radius 2 is 2.00 bits per heavy atom. The van der Waals surface area contributed by atoms with Crippen molar-refractivity contribution >= 4 is 11.6 Å². The van der Waals surface area contributed by atoms with Crippen LogP contribution in [0.25, 0.3) is 0 Å². The molecule has 1 aromatic carbocycles. The summed E-state index contributed by atoms with van der Waals surface area (Å²) in [7, 11) is 0. The Morgan fingerprint density at radius 3 is 2.64 bits per heavy atom. The number of nitrogens with one attached hydrogen (secondary N) is 2. The largest absolute Gasteiger partial charge is 0.369 e. The first-order valence-electron chi connectivity index (χ1n) is 9.07. The summed E-state index contributed by atoms with van der Waals surface area (Å²) >= 11 is 0. The van der Waals surface area contributed by atoms with Crippen molar-refractivity contribution in [2.24, 2.45) is 0 Å². The number of aromatic nitrogens is 2. The molecule has 1 aromatic heterocycles. The third kappa shape index (κ3) is 4.82. The number of carbonyl (C=O) groups excluding carboxylic acids is 1. The van der Waals surface area contributed by atoms with Gasteiger partial charge in [0, 0.05) is 57.2 Å². The third-order valence-corrected chi connectivity index (χ3v) is 4.74. The van der Waals surface area contributed by atoms with Gasteiger partial charge in [-0.2, -0.15) is 0 Å². The maximum Gasteiger partial charge on any atom is 0.221 e. The first-order chi connectivity index (χ1) is 12.3. The number of nitrogens with zero attached hydrogens (tertiary/aromatic N) is 3. The van der Waals surface area contributed by atoms with Gasteiger partial charge in [-0.25, -0.2) is 4.98 Å². The molecule has 134 valence electrons. The van der Waals surface area contributed by atoms with Crippen LogP contribution >= 0.6 is 0 Å². The van der Waals surface area contributed by atoms with E-state index in [1.165, 1.54) is 5.69 Å². The third-order valence-electron chi connectivity index (χ3n) is 4.74. The minimum atomic E-state index is -0.0302. The number of aromatic amines is 1. The second-order valence-corrected chi connectivity index (χ2v) is 6.42. The molecule has 1 aliphatic heterocycles. The second kappa shape index (κ2) is 8.67. The van der Waals surface area contributed by atoms with Crippen LogP contribution in [0.5, 0.6) is 0 Å². The number of amides is 1. The summed E-state index contributed by atoms with van der Waals surface area (Å²) in [6.45, 7) is 6.87. The molecule has 2 N–H and O–H groups in total. The Kier molecular flexibility index (Phi) is 6.06. The number of hydrogen-bond acceptors (Lipinski definition) is 4. The van der Waals surface area contributed by atoms with E-state index in [9.17, 15) is 4.79 Å². The first kappa shape index (κ1) is 17.5. The summed E-state index contributed by atoms with van der Waals surface area (Å²) in [6.07, 6.45) is 4.87. The van der Waals surface area contributed by atoms with Crippen LogP contribution in [0.15, 0.2) is 42.7 Å². The van der Waals surface area contributed by atoms with Gasteiger partial charge in [0.05, 0.1) is 6.04 Å². The van der Waals surface area contributed by atoms with Gasteiger partial charge in [0.1, 0.15) is 5.82 Å². The van der Waals surface area contributed by atoms with Gasteiger partial charge in [0.15, 0.2) is 0 Å². The van der Waals surface area contributed by atoms with Crippen molar-refractivity contribution in [2.75, 3.05) is 37.6 Å². The average Bonchev–Trinajstić information content (AvgIpc) is 3.20. The smallest absolute Gasteiger partial charge is 0.221 e. The summed E-state index contributed by atoms with van der Waals surface area (Å²) < 4.78 is 0. The zero-order valence-electron chi connectivity index (χ0n) is 14.8. The molecule has 25 heavy (non-hydrogen) atoms. The van der Waals surface area contributed by atoms with Gasteiger partial charge in [0.25, 0.3) is 0 Å². The molecule has 0 aliphatic carbocycles. The van der Waals surface area contributed by atoms with E-state index in [0.717, 1.165) is 45.0 Å². The monoisotopic (exact) mass is 341 g/mol. The van der Waals surface area contributed by atoms with E-state index >= 15 is 0 Å². The summed E-state index contributed by atoms with van der Waals surface area (Å²) in [5.41, 5.74) is 1.28. The number of carbonyl (C=O) groups is 1. The van der Waals surface area contributed by atoms with Gasteiger partial charge in [0.2, 0.25) is 5.91 Å². The van der Waals surface area contributed by atoms with E-state index in [4.69, 9.17) is 0 Å². The molecule has 6 nitrogen and oxygen atoms in total. The molecule has 1 unspecified atom stereocenters. The Labute approximate surface area is 149 Å². The molecule has 0 radical (unpaired) electrons. The number of piperazine rings is 1. The van der Waals surface area contributed by atoms with E-state index in [-0.39, 0.29) is 11.9 Å². The molecular weight excluding hydrogens is 314 g/mol. The van der Waals surface area contributed by atoms with Crippen LogP contribution in [0, 0.1) is 0 Å². The number of para-hydroxylation sites is 1. The van der Waals surface area contributed by atoms with Crippen LogP contribution in [0.1, 0.15) is 31.6 Å². The molecular formula is C19H27N5O. The van der Waals surface area contributed by atoms with Crippen molar-refractivity contribution in [1.29, 1.82) is 0 Å². The van der Waals surface area contributed by atoms with Crippen LogP contribution in [0.3, 0.4) is 0 Å². The second-order valence-electron chi connectivity index (χ2n) is 6.42. The molecule has 1 saturated heterocycles. The van der Waals surface area contributed by atoms with Crippen molar-refractivity contribution in [3.63, 3.8) is 0 Å². The van der Waals surface area contributed by atoms with E-state index in [1.807, 2.05) is 6.07 Å². The lowest BCUT2D eigenvalue weighted by molar-refractivity contribution is -0.122. The lowest BCUT2D eigenvalue weighted by Gasteiger charge is -2.36. The van der Waals surface area contributed by atoms with Crippen LogP contribution in [-0.4, -0.2) is 53.5 Å². The minimum absolute atomic E-state index is 0.0302. The highest BCUT2D eigenvalue weighted by Crippen LogP contribution is 2.16. The maximum absolute atomic E-state index is 12.2. The van der Waals surface area contributed by atoms with Crippen molar-refractivity contribution < 1.29 is 4.79 Å². The Hall–Kier alpha value is -2.34. The molecule has 0 spiro atoms. The summed E-state index contributed by atoms with van der Waals surface area (Å²) in [5.74, 6) is 0.918. The Bertz CT molecular complexity index is 635. The highest BCUT2D eigenvalue weighted by molar-refractivity contribution is 5.76. The van der Waals surface area contributed by atoms with Gasteiger partial charge in [-0.15, -0.1) is 0 Å². The zero-order chi connectivity index (χ0) is 17.5.